The van der Waals surface area contributed by atoms with Crippen LogP contribution in [0, 0.1) is 24.2 Å². The molecule has 5 rings (SSSR count). The number of carbonyl (C=O) groups excluding carboxylic acids is 2. The van der Waals surface area contributed by atoms with E-state index in [1.807, 2.05) is 24.3 Å². The van der Waals surface area contributed by atoms with Gasteiger partial charge in [-0.1, -0.05) is 6.07 Å². The molecule has 2 heterocycles. The van der Waals surface area contributed by atoms with E-state index in [4.69, 9.17) is 13.9 Å². The Labute approximate surface area is 214 Å². The number of rotatable bonds is 8. The van der Waals surface area contributed by atoms with Gasteiger partial charge in [0.05, 0.1) is 24.8 Å². The number of aryl methyl sites for hydroxylation is 2. The van der Waals surface area contributed by atoms with E-state index in [1.54, 1.807) is 26.0 Å². The summed E-state index contributed by atoms with van der Waals surface area (Å²) in [4.78, 5) is 25.2. The first-order valence-corrected chi connectivity index (χ1v) is 12.5. The van der Waals surface area contributed by atoms with E-state index in [1.165, 1.54) is 0 Å². The summed E-state index contributed by atoms with van der Waals surface area (Å²) in [6.07, 6.45) is 2.90. The Morgan fingerprint density at radius 1 is 1.24 bits per heavy atom. The van der Waals surface area contributed by atoms with E-state index in [0.29, 0.717) is 61.9 Å². The van der Waals surface area contributed by atoms with Gasteiger partial charge in [0, 0.05) is 41.5 Å². The number of nitrogens with one attached hydrogen (secondary N) is 1. The summed E-state index contributed by atoms with van der Waals surface area (Å²) in [5.74, 6) is 1.13. The van der Waals surface area contributed by atoms with Gasteiger partial charge < -0.3 is 19.2 Å². The molecule has 190 valence electrons. The first kappa shape index (κ1) is 24.5. The van der Waals surface area contributed by atoms with Gasteiger partial charge in [0.1, 0.15) is 5.75 Å². The second kappa shape index (κ2) is 10.1. The van der Waals surface area contributed by atoms with Gasteiger partial charge in [-0.25, -0.2) is 0 Å². The number of carbonyl (C=O) groups is 2. The Morgan fingerprint density at radius 2 is 2.11 bits per heavy atom. The molecule has 37 heavy (non-hydrogen) atoms. The zero-order valence-electron chi connectivity index (χ0n) is 20.9. The topological polar surface area (TPSA) is 127 Å². The summed E-state index contributed by atoms with van der Waals surface area (Å²) in [5.41, 5.74) is 3.41. The fraction of sp³-hybridized carbons (Fsp3) is 0.393. The van der Waals surface area contributed by atoms with E-state index in [9.17, 15) is 14.9 Å². The molecule has 0 bridgehead atoms. The molecule has 1 N–H and O–H groups in total. The lowest BCUT2D eigenvalue weighted by Crippen LogP contribution is -2.27. The third-order valence-electron chi connectivity index (χ3n) is 7.12. The molecular formula is C28H28N4O5. The molecule has 9 heteroatoms. The highest BCUT2D eigenvalue weighted by Gasteiger charge is 2.61. The van der Waals surface area contributed by atoms with Crippen LogP contribution in [0.1, 0.15) is 55.2 Å². The Morgan fingerprint density at radius 3 is 2.86 bits per heavy atom. The number of nitriles is 1. The SMILES string of the molecule is CCOC(=O)CCCc1ccc(C#N)cc1NC(=O)C1CC12CCOc1ccc(-c3nnc(C)o3)cc12. The van der Waals surface area contributed by atoms with E-state index in [0.717, 1.165) is 28.9 Å². The number of anilines is 1. The van der Waals surface area contributed by atoms with Crippen LogP contribution in [0.25, 0.3) is 11.5 Å². The number of amides is 1. The monoisotopic (exact) mass is 500 g/mol. The van der Waals surface area contributed by atoms with Gasteiger partial charge in [0.2, 0.25) is 17.7 Å². The molecule has 1 aliphatic heterocycles. The molecule has 1 aliphatic carbocycles. The first-order chi connectivity index (χ1) is 17.9. The van der Waals surface area contributed by atoms with Crippen molar-refractivity contribution in [3.05, 3.63) is 59.0 Å². The average molecular weight is 501 g/mol. The van der Waals surface area contributed by atoms with Crippen molar-refractivity contribution in [1.82, 2.24) is 10.2 Å². The van der Waals surface area contributed by atoms with E-state index >= 15 is 0 Å². The maximum Gasteiger partial charge on any atom is 0.305 e. The summed E-state index contributed by atoms with van der Waals surface area (Å²) in [5, 5.41) is 20.5. The summed E-state index contributed by atoms with van der Waals surface area (Å²) in [6.45, 7) is 4.41. The minimum Gasteiger partial charge on any atom is -0.493 e. The second-order valence-corrected chi connectivity index (χ2v) is 9.48. The lowest BCUT2D eigenvalue weighted by Gasteiger charge is -2.27. The summed E-state index contributed by atoms with van der Waals surface area (Å²) < 4.78 is 16.5. The Balaban J connectivity index is 1.34. The summed E-state index contributed by atoms with van der Waals surface area (Å²) >= 11 is 0. The zero-order valence-corrected chi connectivity index (χ0v) is 20.9. The molecule has 0 radical (unpaired) electrons. The Bertz CT molecular complexity index is 1390. The van der Waals surface area contributed by atoms with Crippen LogP contribution in [0.5, 0.6) is 5.75 Å². The molecule has 2 aliphatic rings. The lowest BCUT2D eigenvalue weighted by molar-refractivity contribution is -0.143. The van der Waals surface area contributed by atoms with Crippen LogP contribution in [0.3, 0.4) is 0 Å². The molecule has 2 unspecified atom stereocenters. The van der Waals surface area contributed by atoms with Gasteiger partial charge in [0.25, 0.3) is 0 Å². The van der Waals surface area contributed by atoms with Gasteiger partial charge in [-0.05, 0) is 68.5 Å². The fourth-order valence-electron chi connectivity index (χ4n) is 5.15. The highest BCUT2D eigenvalue weighted by Crippen LogP contribution is 2.61. The van der Waals surface area contributed by atoms with Crippen LogP contribution in [0.4, 0.5) is 5.69 Å². The highest BCUT2D eigenvalue weighted by atomic mass is 16.5. The number of aromatic nitrogens is 2. The number of esters is 1. The van der Waals surface area contributed by atoms with Crippen LogP contribution in [0.15, 0.2) is 40.8 Å². The molecule has 1 amide bonds. The average Bonchev–Trinajstić information content (AvgIpc) is 3.45. The second-order valence-electron chi connectivity index (χ2n) is 9.48. The normalized spacial score (nSPS) is 19.4. The van der Waals surface area contributed by atoms with Gasteiger partial charge in [0.15, 0.2) is 0 Å². The van der Waals surface area contributed by atoms with Crippen LogP contribution in [-0.2, 0) is 26.2 Å². The quantitative estimate of drug-likeness (QED) is 0.449. The molecule has 0 saturated heterocycles. The number of nitrogens with zero attached hydrogens (tertiary/aromatic N) is 3. The van der Waals surface area contributed by atoms with Gasteiger partial charge in [-0.15, -0.1) is 10.2 Å². The van der Waals surface area contributed by atoms with Gasteiger partial charge in [-0.3, -0.25) is 9.59 Å². The van der Waals surface area contributed by atoms with Gasteiger partial charge in [-0.2, -0.15) is 5.26 Å². The number of fused-ring (bicyclic) bond motifs is 2. The van der Waals surface area contributed by atoms with Crippen molar-refractivity contribution in [2.24, 2.45) is 5.92 Å². The molecule has 1 aromatic heterocycles. The fourth-order valence-corrected chi connectivity index (χ4v) is 5.15. The maximum absolute atomic E-state index is 13.5. The lowest BCUT2D eigenvalue weighted by atomic mass is 9.86. The van der Waals surface area contributed by atoms with E-state index in [2.05, 4.69) is 21.6 Å². The van der Waals surface area contributed by atoms with Crippen LogP contribution in [0.2, 0.25) is 0 Å². The van der Waals surface area contributed by atoms with Crippen molar-refractivity contribution >= 4 is 17.6 Å². The maximum atomic E-state index is 13.5. The van der Waals surface area contributed by atoms with Crippen molar-refractivity contribution in [3.63, 3.8) is 0 Å². The smallest absolute Gasteiger partial charge is 0.305 e. The van der Waals surface area contributed by atoms with Crippen molar-refractivity contribution in [3.8, 4) is 23.3 Å². The highest BCUT2D eigenvalue weighted by molar-refractivity contribution is 5.97. The summed E-state index contributed by atoms with van der Waals surface area (Å²) in [7, 11) is 0. The number of ether oxygens (including phenoxy) is 2. The molecule has 1 saturated carbocycles. The number of hydrogen-bond donors (Lipinski definition) is 1. The van der Waals surface area contributed by atoms with Crippen LogP contribution in [-0.4, -0.2) is 35.3 Å². The largest absolute Gasteiger partial charge is 0.493 e. The van der Waals surface area contributed by atoms with E-state index in [-0.39, 0.29) is 23.2 Å². The number of benzene rings is 2. The molecule has 3 aromatic rings. The molecule has 2 aromatic carbocycles. The van der Waals surface area contributed by atoms with Crippen molar-refractivity contribution in [2.45, 2.75) is 51.4 Å². The minimum atomic E-state index is -0.320. The van der Waals surface area contributed by atoms with Gasteiger partial charge >= 0.3 is 5.97 Å². The van der Waals surface area contributed by atoms with Crippen molar-refractivity contribution in [2.75, 3.05) is 18.5 Å². The van der Waals surface area contributed by atoms with Crippen molar-refractivity contribution in [1.29, 1.82) is 5.26 Å². The number of hydrogen-bond acceptors (Lipinski definition) is 8. The molecule has 2 atom stereocenters. The molecular weight excluding hydrogens is 472 g/mol. The predicted molar refractivity (Wildman–Crippen MR) is 134 cm³/mol. The third kappa shape index (κ3) is 4.92. The van der Waals surface area contributed by atoms with Crippen LogP contribution < -0.4 is 10.1 Å². The standard InChI is InChI=1S/C28H28N4O5/c1-3-35-25(33)6-4-5-19-8-7-18(16-29)13-23(19)30-26(34)22-15-28(22)11-12-36-24-10-9-20(14-21(24)28)27-32-31-17(2)37-27/h7-10,13-14,22H,3-6,11-12,15H2,1-2H3,(H,30,34). The van der Waals surface area contributed by atoms with Crippen molar-refractivity contribution < 1.29 is 23.5 Å². The molecule has 1 fully saturated rings. The Kier molecular flexibility index (Phi) is 6.66. The minimum absolute atomic E-state index is 0.0892. The summed E-state index contributed by atoms with van der Waals surface area (Å²) in [6, 6.07) is 13.2. The van der Waals surface area contributed by atoms with Crippen LogP contribution >= 0.6 is 0 Å². The first-order valence-electron chi connectivity index (χ1n) is 12.5. The zero-order chi connectivity index (χ0) is 26.0. The molecule has 9 nitrogen and oxygen atoms in total. The Hall–Kier alpha value is -4.19. The third-order valence-corrected chi connectivity index (χ3v) is 7.12. The predicted octanol–water partition coefficient (Wildman–Crippen LogP) is 4.48. The van der Waals surface area contributed by atoms with E-state index < -0.39 is 0 Å². The molecule has 1 spiro atoms.